The predicted octanol–water partition coefficient (Wildman–Crippen LogP) is 2.22. The summed E-state index contributed by atoms with van der Waals surface area (Å²) in [6, 6.07) is 3.50. The van der Waals surface area contributed by atoms with Crippen LogP contribution in [-0.2, 0) is 0 Å². The van der Waals surface area contributed by atoms with E-state index in [1.807, 2.05) is 0 Å². The van der Waals surface area contributed by atoms with Gasteiger partial charge in [-0.05, 0) is 12.1 Å². The Morgan fingerprint density at radius 2 is 2.19 bits per heavy atom. The third-order valence-corrected chi connectivity index (χ3v) is 2.45. The molecule has 0 saturated heterocycles. The average Bonchev–Trinajstić information content (AvgIpc) is 2.64. The zero-order valence-corrected chi connectivity index (χ0v) is 9.20. The lowest BCUT2D eigenvalue weighted by atomic mass is 10.1. The number of nitrogens with zero attached hydrogens (tertiary/aromatic N) is 2. The first-order chi connectivity index (χ1) is 7.59. The Kier molecular flexibility index (Phi) is 2.89. The number of hydrogen-bond donors (Lipinski definition) is 1. The Balaban J connectivity index is 2.45. The van der Waals surface area contributed by atoms with Crippen molar-refractivity contribution >= 4 is 11.6 Å². The molecule has 16 heavy (non-hydrogen) atoms. The minimum atomic E-state index is -0.852. The van der Waals surface area contributed by atoms with E-state index < -0.39 is 11.9 Å². The first kappa shape index (κ1) is 11.0. The number of aromatic nitrogens is 2. The zero-order valence-electron chi connectivity index (χ0n) is 8.45. The van der Waals surface area contributed by atoms with Crippen LogP contribution in [0.25, 0.3) is 0 Å². The second-order valence-corrected chi connectivity index (χ2v) is 3.68. The maximum atomic E-state index is 13.5. The number of hydrogen-bond acceptors (Lipinski definition) is 4. The van der Waals surface area contributed by atoms with E-state index >= 15 is 0 Å². The van der Waals surface area contributed by atoms with Gasteiger partial charge in [0.15, 0.2) is 0 Å². The van der Waals surface area contributed by atoms with Gasteiger partial charge < -0.3 is 10.2 Å². The summed E-state index contributed by atoms with van der Waals surface area (Å²) in [6.07, 6.45) is 0. The molecule has 1 unspecified atom stereocenters. The van der Waals surface area contributed by atoms with Crippen LogP contribution in [-0.4, -0.2) is 10.2 Å². The molecular weight excluding hydrogens is 233 g/mol. The van der Waals surface area contributed by atoms with Crippen LogP contribution in [0.1, 0.15) is 23.4 Å². The highest BCUT2D eigenvalue weighted by atomic mass is 35.5. The van der Waals surface area contributed by atoms with Gasteiger partial charge >= 0.3 is 0 Å². The smallest absolute Gasteiger partial charge is 0.237 e. The van der Waals surface area contributed by atoms with Gasteiger partial charge in [0, 0.05) is 17.5 Å². The van der Waals surface area contributed by atoms with E-state index in [0.717, 1.165) is 0 Å². The zero-order chi connectivity index (χ0) is 11.7. The van der Waals surface area contributed by atoms with Crippen LogP contribution in [0, 0.1) is 12.7 Å². The van der Waals surface area contributed by atoms with Gasteiger partial charge in [-0.25, -0.2) is 4.39 Å². The van der Waals surface area contributed by atoms with Crippen molar-refractivity contribution in [2.45, 2.75) is 13.0 Å². The first-order valence-corrected chi connectivity index (χ1v) is 4.97. The number of nitrogens with two attached hydrogens (primary N) is 1. The molecular formula is C10H9ClFN3O. The fraction of sp³-hybridized carbons (Fsp3) is 0.200. The maximum absolute atomic E-state index is 13.5. The Morgan fingerprint density at radius 1 is 1.44 bits per heavy atom. The summed E-state index contributed by atoms with van der Waals surface area (Å²) in [4.78, 5) is 0. The van der Waals surface area contributed by atoms with Crippen molar-refractivity contribution < 1.29 is 8.81 Å². The molecule has 0 aliphatic heterocycles. The van der Waals surface area contributed by atoms with Crippen molar-refractivity contribution in [3.8, 4) is 0 Å². The highest BCUT2D eigenvalue weighted by molar-refractivity contribution is 6.31. The third-order valence-electron chi connectivity index (χ3n) is 2.12. The first-order valence-electron chi connectivity index (χ1n) is 4.59. The highest BCUT2D eigenvalue weighted by Gasteiger charge is 2.21. The van der Waals surface area contributed by atoms with Crippen molar-refractivity contribution in [1.82, 2.24) is 10.2 Å². The van der Waals surface area contributed by atoms with Crippen molar-refractivity contribution in [2.75, 3.05) is 0 Å². The van der Waals surface area contributed by atoms with Gasteiger partial charge in [0.1, 0.15) is 11.9 Å². The van der Waals surface area contributed by atoms with Crippen LogP contribution >= 0.6 is 11.6 Å². The molecule has 1 aromatic heterocycles. The number of rotatable bonds is 2. The minimum Gasteiger partial charge on any atom is -0.424 e. The number of aryl methyl sites for hydroxylation is 1. The van der Waals surface area contributed by atoms with Crippen molar-refractivity contribution in [1.29, 1.82) is 0 Å². The average molecular weight is 242 g/mol. The molecule has 0 aliphatic rings. The van der Waals surface area contributed by atoms with Crippen molar-refractivity contribution in [3.05, 3.63) is 46.4 Å². The molecule has 1 heterocycles. The van der Waals surface area contributed by atoms with E-state index in [4.69, 9.17) is 21.8 Å². The largest absolute Gasteiger partial charge is 0.424 e. The predicted molar refractivity (Wildman–Crippen MR) is 56.5 cm³/mol. The standard InChI is InChI=1S/C10H9ClFN3O/c1-5-14-15-10(16-5)9(13)8-6(11)3-2-4-7(8)12/h2-4,9H,13H2,1H3. The normalized spacial score (nSPS) is 12.8. The molecule has 0 bridgehead atoms. The van der Waals surface area contributed by atoms with Gasteiger partial charge in [-0.3, -0.25) is 0 Å². The van der Waals surface area contributed by atoms with Crippen molar-refractivity contribution in [3.63, 3.8) is 0 Å². The number of halogens is 2. The van der Waals surface area contributed by atoms with Crippen LogP contribution < -0.4 is 5.73 Å². The molecule has 1 aromatic carbocycles. The van der Waals surface area contributed by atoms with Gasteiger partial charge in [-0.15, -0.1) is 10.2 Å². The summed E-state index contributed by atoms with van der Waals surface area (Å²) < 4.78 is 18.7. The molecule has 1 atom stereocenters. The summed E-state index contributed by atoms with van der Waals surface area (Å²) in [5.41, 5.74) is 5.97. The summed E-state index contributed by atoms with van der Waals surface area (Å²) in [6.45, 7) is 1.63. The van der Waals surface area contributed by atoms with Crippen LogP contribution in [0.3, 0.4) is 0 Å². The summed E-state index contributed by atoms with van der Waals surface area (Å²) in [7, 11) is 0. The monoisotopic (exact) mass is 241 g/mol. The van der Waals surface area contributed by atoms with Gasteiger partial charge in [0.2, 0.25) is 11.8 Å². The summed E-state index contributed by atoms with van der Waals surface area (Å²) in [5.74, 6) is 0.0262. The fourth-order valence-corrected chi connectivity index (χ4v) is 1.65. The van der Waals surface area contributed by atoms with Gasteiger partial charge in [0.05, 0.1) is 0 Å². The quantitative estimate of drug-likeness (QED) is 0.876. The molecule has 2 aromatic rings. The SMILES string of the molecule is Cc1nnc(C(N)c2c(F)cccc2Cl)o1. The maximum Gasteiger partial charge on any atom is 0.237 e. The molecule has 0 amide bonds. The molecule has 0 saturated carbocycles. The lowest BCUT2D eigenvalue weighted by Gasteiger charge is -2.10. The highest BCUT2D eigenvalue weighted by Crippen LogP contribution is 2.28. The molecule has 6 heteroatoms. The van der Waals surface area contributed by atoms with Gasteiger partial charge in [-0.1, -0.05) is 17.7 Å². The van der Waals surface area contributed by atoms with Gasteiger partial charge in [-0.2, -0.15) is 0 Å². The van der Waals surface area contributed by atoms with Crippen LogP contribution in [0.15, 0.2) is 22.6 Å². The summed E-state index contributed by atoms with van der Waals surface area (Å²) >= 11 is 5.87. The fourth-order valence-electron chi connectivity index (χ4n) is 1.37. The molecule has 2 rings (SSSR count). The molecule has 84 valence electrons. The topological polar surface area (TPSA) is 64.9 Å². The minimum absolute atomic E-state index is 0.143. The van der Waals surface area contributed by atoms with Crippen molar-refractivity contribution in [2.24, 2.45) is 5.73 Å². The van der Waals surface area contributed by atoms with E-state index in [1.54, 1.807) is 13.0 Å². The molecule has 0 aliphatic carbocycles. The second-order valence-electron chi connectivity index (χ2n) is 3.27. The van der Waals surface area contributed by atoms with E-state index in [2.05, 4.69) is 10.2 Å². The molecule has 0 radical (unpaired) electrons. The Labute approximate surface area is 96.2 Å². The summed E-state index contributed by atoms with van der Waals surface area (Å²) in [5, 5.41) is 7.61. The van der Waals surface area contributed by atoms with Crippen LogP contribution in [0.5, 0.6) is 0 Å². The van der Waals surface area contributed by atoms with E-state index in [-0.39, 0.29) is 16.5 Å². The Hall–Kier alpha value is -1.46. The lowest BCUT2D eigenvalue weighted by molar-refractivity contribution is 0.444. The van der Waals surface area contributed by atoms with E-state index in [0.29, 0.717) is 5.89 Å². The molecule has 2 N–H and O–H groups in total. The van der Waals surface area contributed by atoms with Crippen LogP contribution in [0.4, 0.5) is 4.39 Å². The van der Waals surface area contributed by atoms with Crippen LogP contribution in [0.2, 0.25) is 5.02 Å². The molecule has 0 fully saturated rings. The lowest BCUT2D eigenvalue weighted by Crippen LogP contribution is -2.14. The molecule has 0 spiro atoms. The Bertz CT molecular complexity index is 494. The third kappa shape index (κ3) is 1.91. The molecule has 4 nitrogen and oxygen atoms in total. The van der Waals surface area contributed by atoms with E-state index in [9.17, 15) is 4.39 Å². The van der Waals surface area contributed by atoms with Gasteiger partial charge in [0.25, 0.3) is 0 Å². The number of benzene rings is 1. The second kappa shape index (κ2) is 4.19. The Morgan fingerprint density at radius 3 is 2.75 bits per heavy atom. The van der Waals surface area contributed by atoms with E-state index in [1.165, 1.54) is 12.1 Å².